The fourth-order valence-electron chi connectivity index (χ4n) is 3.79. The van der Waals surface area contributed by atoms with E-state index in [1.807, 2.05) is 41.5 Å². The number of likely N-dealkylation sites (tertiary alicyclic amines) is 1. The molecule has 3 aromatic rings. The zero-order valence-electron chi connectivity index (χ0n) is 17.0. The Morgan fingerprint density at radius 3 is 2.93 bits per heavy atom. The van der Waals surface area contributed by atoms with Gasteiger partial charge in [-0.25, -0.2) is 14.8 Å². The first kappa shape index (κ1) is 20.2. The normalized spacial score (nSPS) is 16.5. The Hall–Kier alpha value is -3.07. The fourth-order valence-corrected chi connectivity index (χ4v) is 4.33. The molecular formula is C21H24N6O2S. The molecule has 0 radical (unpaired) electrons. The summed E-state index contributed by atoms with van der Waals surface area (Å²) in [6.07, 6.45) is 3.63. The largest absolute Gasteiger partial charge is 0.348 e. The number of rotatable bonds is 5. The molecule has 156 valence electrons. The number of aryl methyl sites for hydroxylation is 2. The minimum absolute atomic E-state index is 0.0176. The van der Waals surface area contributed by atoms with Crippen LogP contribution in [0.15, 0.2) is 40.6 Å². The number of nitrogens with one attached hydrogen (secondary N) is 1. The average Bonchev–Trinajstić information content (AvgIpc) is 3.24. The monoisotopic (exact) mass is 424 g/mol. The van der Waals surface area contributed by atoms with Crippen LogP contribution in [-0.4, -0.2) is 43.4 Å². The quantitative estimate of drug-likeness (QED) is 0.677. The van der Waals surface area contributed by atoms with Gasteiger partial charge in [-0.3, -0.25) is 9.36 Å². The van der Waals surface area contributed by atoms with Crippen molar-refractivity contribution in [1.82, 2.24) is 24.4 Å². The Labute approximate surface area is 178 Å². The van der Waals surface area contributed by atoms with E-state index in [1.165, 1.54) is 15.9 Å². The maximum absolute atomic E-state index is 12.9. The van der Waals surface area contributed by atoms with E-state index in [0.29, 0.717) is 18.8 Å². The number of hydrogen-bond donors (Lipinski definition) is 1. The second-order valence-electron chi connectivity index (χ2n) is 7.50. The Kier molecular flexibility index (Phi) is 5.89. The van der Waals surface area contributed by atoms with Gasteiger partial charge in [-0.15, -0.1) is 11.3 Å². The highest BCUT2D eigenvalue weighted by molar-refractivity contribution is 7.13. The van der Waals surface area contributed by atoms with E-state index in [4.69, 9.17) is 4.98 Å². The third-order valence-corrected chi connectivity index (χ3v) is 5.96. The molecule has 0 saturated carbocycles. The standard InChI is InChI=1S/C21H24N6O2S/c1-14-11-15(2)27(21(29)23-14)13-19(28)26-9-4-5-16(12-26)17-6-3-7-18(24-17)25-20-22-8-10-30-20/h3,6-8,10-11,16H,4-5,9,12-13H2,1-2H3,(H,22,24,25). The summed E-state index contributed by atoms with van der Waals surface area (Å²) in [6.45, 7) is 4.91. The Morgan fingerprint density at radius 1 is 1.30 bits per heavy atom. The van der Waals surface area contributed by atoms with Crippen molar-refractivity contribution in [1.29, 1.82) is 0 Å². The fraction of sp³-hybridized carbons (Fsp3) is 0.381. The summed E-state index contributed by atoms with van der Waals surface area (Å²) in [5, 5.41) is 5.93. The number of anilines is 2. The van der Waals surface area contributed by atoms with Gasteiger partial charge in [0.15, 0.2) is 5.13 Å². The third kappa shape index (κ3) is 4.56. The van der Waals surface area contributed by atoms with Crippen LogP contribution in [0.3, 0.4) is 0 Å². The van der Waals surface area contributed by atoms with Gasteiger partial charge in [0.1, 0.15) is 12.4 Å². The molecule has 30 heavy (non-hydrogen) atoms. The van der Waals surface area contributed by atoms with Crippen molar-refractivity contribution in [3.05, 3.63) is 63.4 Å². The molecule has 1 aliphatic heterocycles. The summed E-state index contributed by atoms with van der Waals surface area (Å²) in [6, 6.07) is 7.71. The molecule has 1 N–H and O–H groups in total. The maximum Gasteiger partial charge on any atom is 0.348 e. The Balaban J connectivity index is 1.46. The lowest BCUT2D eigenvalue weighted by atomic mass is 9.94. The zero-order valence-corrected chi connectivity index (χ0v) is 17.9. The number of aromatic nitrogens is 4. The van der Waals surface area contributed by atoms with E-state index >= 15 is 0 Å². The molecule has 1 fully saturated rings. The second kappa shape index (κ2) is 8.74. The lowest BCUT2D eigenvalue weighted by molar-refractivity contribution is -0.133. The Bertz CT molecular complexity index is 1100. The number of pyridine rings is 1. The van der Waals surface area contributed by atoms with E-state index < -0.39 is 0 Å². The van der Waals surface area contributed by atoms with Gasteiger partial charge in [0.05, 0.1) is 0 Å². The number of carbonyl (C=O) groups excluding carboxylic acids is 1. The Morgan fingerprint density at radius 2 is 2.17 bits per heavy atom. The first-order valence-electron chi connectivity index (χ1n) is 9.96. The number of thiazole rings is 1. The van der Waals surface area contributed by atoms with E-state index in [2.05, 4.69) is 15.3 Å². The zero-order chi connectivity index (χ0) is 21.1. The van der Waals surface area contributed by atoms with Gasteiger partial charge in [-0.1, -0.05) is 6.07 Å². The van der Waals surface area contributed by atoms with Crippen LogP contribution >= 0.6 is 11.3 Å². The topological polar surface area (TPSA) is 93.0 Å². The highest BCUT2D eigenvalue weighted by Gasteiger charge is 2.26. The van der Waals surface area contributed by atoms with Gasteiger partial charge >= 0.3 is 5.69 Å². The molecule has 1 unspecified atom stereocenters. The van der Waals surface area contributed by atoms with Crippen molar-refractivity contribution >= 4 is 28.2 Å². The molecule has 9 heteroatoms. The summed E-state index contributed by atoms with van der Waals surface area (Å²) >= 11 is 1.52. The van der Waals surface area contributed by atoms with Gasteiger partial charge in [0.2, 0.25) is 5.91 Å². The number of amides is 1. The first-order chi connectivity index (χ1) is 14.5. The molecule has 3 aromatic heterocycles. The molecule has 1 amide bonds. The minimum atomic E-state index is -0.378. The van der Waals surface area contributed by atoms with Crippen molar-refractivity contribution in [3.8, 4) is 0 Å². The predicted molar refractivity (Wildman–Crippen MR) is 116 cm³/mol. The maximum atomic E-state index is 12.9. The van der Waals surface area contributed by atoms with Gasteiger partial charge in [-0.05, 0) is 44.9 Å². The number of nitrogens with zero attached hydrogens (tertiary/aromatic N) is 5. The van der Waals surface area contributed by atoms with Crippen LogP contribution in [0.25, 0.3) is 0 Å². The molecule has 0 aromatic carbocycles. The highest BCUT2D eigenvalue weighted by atomic mass is 32.1. The van der Waals surface area contributed by atoms with E-state index in [1.54, 1.807) is 13.1 Å². The summed E-state index contributed by atoms with van der Waals surface area (Å²) in [7, 11) is 0. The summed E-state index contributed by atoms with van der Waals surface area (Å²) in [5.74, 6) is 0.848. The third-order valence-electron chi connectivity index (χ3n) is 5.27. The number of carbonyl (C=O) groups is 1. The van der Waals surface area contributed by atoms with E-state index in [0.717, 1.165) is 35.2 Å². The lowest BCUT2D eigenvalue weighted by Crippen LogP contribution is -2.43. The predicted octanol–water partition coefficient (Wildman–Crippen LogP) is 2.86. The number of hydrogen-bond acceptors (Lipinski definition) is 7. The van der Waals surface area contributed by atoms with Crippen molar-refractivity contribution in [3.63, 3.8) is 0 Å². The summed E-state index contributed by atoms with van der Waals surface area (Å²) < 4.78 is 1.44. The molecule has 1 aliphatic rings. The van der Waals surface area contributed by atoms with Crippen LogP contribution in [0.5, 0.6) is 0 Å². The number of piperidine rings is 1. The molecule has 1 saturated heterocycles. The van der Waals surface area contributed by atoms with Crippen LogP contribution in [0, 0.1) is 13.8 Å². The molecule has 0 bridgehead atoms. The van der Waals surface area contributed by atoms with Gasteiger partial charge in [-0.2, -0.15) is 4.98 Å². The second-order valence-corrected chi connectivity index (χ2v) is 8.39. The first-order valence-corrected chi connectivity index (χ1v) is 10.8. The van der Waals surface area contributed by atoms with Crippen LogP contribution in [0.1, 0.15) is 35.8 Å². The van der Waals surface area contributed by atoms with Gasteiger partial charge < -0.3 is 10.2 Å². The molecule has 8 nitrogen and oxygen atoms in total. The molecule has 1 atom stereocenters. The molecule has 4 rings (SSSR count). The van der Waals surface area contributed by atoms with Crippen molar-refractivity contribution in [2.24, 2.45) is 0 Å². The average molecular weight is 425 g/mol. The molecular weight excluding hydrogens is 400 g/mol. The van der Waals surface area contributed by atoms with E-state index in [9.17, 15) is 9.59 Å². The minimum Gasteiger partial charge on any atom is -0.340 e. The summed E-state index contributed by atoms with van der Waals surface area (Å²) in [5.41, 5.74) is 1.99. The highest BCUT2D eigenvalue weighted by Crippen LogP contribution is 2.27. The molecule has 4 heterocycles. The van der Waals surface area contributed by atoms with Gasteiger partial charge in [0.25, 0.3) is 0 Å². The van der Waals surface area contributed by atoms with E-state index in [-0.39, 0.29) is 24.1 Å². The summed E-state index contributed by atoms with van der Waals surface area (Å²) in [4.78, 5) is 39.9. The van der Waals surface area contributed by atoms with Crippen LogP contribution in [0.2, 0.25) is 0 Å². The molecule has 0 aliphatic carbocycles. The van der Waals surface area contributed by atoms with Crippen molar-refractivity contribution < 1.29 is 4.79 Å². The lowest BCUT2D eigenvalue weighted by Gasteiger charge is -2.33. The molecule has 0 spiro atoms. The van der Waals surface area contributed by atoms with Crippen LogP contribution in [-0.2, 0) is 11.3 Å². The van der Waals surface area contributed by atoms with Crippen molar-refractivity contribution in [2.45, 2.75) is 39.2 Å². The van der Waals surface area contributed by atoms with Crippen molar-refractivity contribution in [2.75, 3.05) is 18.4 Å². The SMILES string of the molecule is Cc1cc(C)n(CC(=O)N2CCCC(c3cccc(Nc4nccs4)n3)C2)c(=O)n1. The van der Waals surface area contributed by atoms with Crippen LogP contribution < -0.4 is 11.0 Å². The van der Waals surface area contributed by atoms with Crippen LogP contribution in [0.4, 0.5) is 10.9 Å². The van der Waals surface area contributed by atoms with Gasteiger partial charge in [0, 0.05) is 47.7 Å². The smallest absolute Gasteiger partial charge is 0.340 e.